The zero-order chi connectivity index (χ0) is 9.43. The fourth-order valence-electron chi connectivity index (χ4n) is 3.19. The van der Waals surface area contributed by atoms with Gasteiger partial charge in [-0.05, 0) is 55.3 Å². The summed E-state index contributed by atoms with van der Waals surface area (Å²) in [5, 5.41) is 3.47. The van der Waals surface area contributed by atoms with Crippen LogP contribution in [0.4, 0.5) is 0 Å². The van der Waals surface area contributed by atoms with Gasteiger partial charge in [0.05, 0.1) is 0 Å². The topological polar surface area (TPSA) is 12.0 Å². The number of piperidine rings is 1. The van der Waals surface area contributed by atoms with Crippen molar-refractivity contribution in [3.05, 3.63) is 35.4 Å². The van der Waals surface area contributed by atoms with E-state index in [2.05, 4.69) is 29.6 Å². The largest absolute Gasteiger partial charge is 0.317 e. The molecule has 0 saturated carbocycles. The molecule has 15 heavy (non-hydrogen) atoms. The molecule has 2 aliphatic rings. The van der Waals surface area contributed by atoms with Gasteiger partial charge in [-0.15, -0.1) is 12.4 Å². The van der Waals surface area contributed by atoms with Crippen LogP contribution in [0.3, 0.4) is 0 Å². The van der Waals surface area contributed by atoms with Crippen LogP contribution in [0.2, 0.25) is 0 Å². The lowest BCUT2D eigenvalue weighted by Crippen LogP contribution is -2.38. The molecule has 0 bridgehead atoms. The van der Waals surface area contributed by atoms with E-state index in [1.807, 2.05) is 0 Å². The average molecular weight is 224 g/mol. The maximum absolute atomic E-state index is 3.47. The van der Waals surface area contributed by atoms with Crippen LogP contribution in [0.15, 0.2) is 24.3 Å². The second-order valence-electron chi connectivity index (χ2n) is 4.69. The lowest BCUT2D eigenvalue weighted by atomic mass is 9.74. The summed E-state index contributed by atoms with van der Waals surface area (Å²) in [5.74, 6) is 0. The molecule has 1 nitrogen and oxygen atoms in total. The van der Waals surface area contributed by atoms with Gasteiger partial charge in [-0.3, -0.25) is 0 Å². The molecule has 1 aromatic rings. The van der Waals surface area contributed by atoms with Crippen LogP contribution in [-0.4, -0.2) is 13.1 Å². The van der Waals surface area contributed by atoms with Crippen LogP contribution in [0.5, 0.6) is 0 Å². The predicted octanol–water partition coefficient (Wildman–Crippen LogP) is 2.68. The molecule has 0 atom stereocenters. The maximum atomic E-state index is 3.47. The van der Waals surface area contributed by atoms with Crippen molar-refractivity contribution in [1.29, 1.82) is 0 Å². The third-order valence-electron chi connectivity index (χ3n) is 4.02. The number of nitrogens with one attached hydrogen (secondary N) is 1. The summed E-state index contributed by atoms with van der Waals surface area (Å²) in [4.78, 5) is 0. The summed E-state index contributed by atoms with van der Waals surface area (Å²) in [5.41, 5.74) is 3.80. The molecule has 1 N–H and O–H groups in total. The molecule has 0 radical (unpaired) electrons. The highest BCUT2D eigenvalue weighted by molar-refractivity contribution is 5.85. The monoisotopic (exact) mass is 223 g/mol. The molecule has 1 aliphatic heterocycles. The van der Waals surface area contributed by atoms with E-state index in [1.54, 1.807) is 11.1 Å². The van der Waals surface area contributed by atoms with Crippen LogP contribution in [0.1, 0.15) is 30.4 Å². The number of hydrogen-bond donors (Lipinski definition) is 1. The van der Waals surface area contributed by atoms with Gasteiger partial charge in [0.25, 0.3) is 0 Å². The zero-order valence-corrected chi connectivity index (χ0v) is 9.78. The Bertz CT molecular complexity index is 337. The molecule has 1 spiro atoms. The van der Waals surface area contributed by atoms with Crippen molar-refractivity contribution in [3.63, 3.8) is 0 Å². The Morgan fingerprint density at radius 1 is 1.00 bits per heavy atom. The van der Waals surface area contributed by atoms with E-state index in [-0.39, 0.29) is 12.4 Å². The van der Waals surface area contributed by atoms with Gasteiger partial charge in [0.15, 0.2) is 0 Å². The summed E-state index contributed by atoms with van der Waals surface area (Å²) < 4.78 is 0. The van der Waals surface area contributed by atoms with Crippen molar-refractivity contribution in [2.75, 3.05) is 13.1 Å². The zero-order valence-electron chi connectivity index (χ0n) is 8.96. The first kappa shape index (κ1) is 11.0. The van der Waals surface area contributed by atoms with Gasteiger partial charge in [0.1, 0.15) is 0 Å². The van der Waals surface area contributed by atoms with E-state index in [9.17, 15) is 0 Å². The minimum atomic E-state index is 0. The predicted molar refractivity (Wildman–Crippen MR) is 65.8 cm³/mol. The highest BCUT2D eigenvalue weighted by Crippen LogP contribution is 2.44. The second-order valence-corrected chi connectivity index (χ2v) is 4.69. The molecule has 1 aliphatic carbocycles. The molecule has 1 aromatic carbocycles. The fraction of sp³-hybridized carbons (Fsp3) is 0.538. The van der Waals surface area contributed by atoms with Crippen LogP contribution in [-0.2, 0) is 11.8 Å². The van der Waals surface area contributed by atoms with E-state index < -0.39 is 0 Å². The summed E-state index contributed by atoms with van der Waals surface area (Å²) in [6.07, 6.45) is 5.36. The Kier molecular flexibility index (Phi) is 3.03. The van der Waals surface area contributed by atoms with Crippen LogP contribution in [0.25, 0.3) is 0 Å². The van der Waals surface area contributed by atoms with Gasteiger partial charge in [-0.25, -0.2) is 0 Å². The smallest absolute Gasteiger partial charge is 0.00170 e. The van der Waals surface area contributed by atoms with Gasteiger partial charge in [0, 0.05) is 0 Å². The van der Waals surface area contributed by atoms with Crippen molar-refractivity contribution in [3.8, 4) is 0 Å². The van der Waals surface area contributed by atoms with Crippen molar-refractivity contribution in [1.82, 2.24) is 5.32 Å². The molecular formula is C13H18ClN. The lowest BCUT2D eigenvalue weighted by molar-refractivity contribution is 0.306. The highest BCUT2D eigenvalue weighted by Gasteiger charge is 2.38. The summed E-state index contributed by atoms with van der Waals surface area (Å²) in [6.45, 7) is 2.41. The van der Waals surface area contributed by atoms with E-state index in [1.165, 1.54) is 38.8 Å². The minimum absolute atomic E-state index is 0. The highest BCUT2D eigenvalue weighted by atomic mass is 35.5. The van der Waals surface area contributed by atoms with Crippen molar-refractivity contribution in [2.24, 2.45) is 0 Å². The molecule has 1 heterocycles. The summed E-state index contributed by atoms with van der Waals surface area (Å²) in [6, 6.07) is 9.05. The Hall–Kier alpha value is -0.530. The summed E-state index contributed by atoms with van der Waals surface area (Å²) >= 11 is 0. The molecule has 0 amide bonds. The first-order chi connectivity index (χ1) is 6.91. The van der Waals surface area contributed by atoms with Crippen molar-refractivity contribution >= 4 is 12.4 Å². The van der Waals surface area contributed by atoms with Crippen molar-refractivity contribution < 1.29 is 0 Å². The fourth-order valence-corrected chi connectivity index (χ4v) is 3.19. The second kappa shape index (κ2) is 4.15. The molecule has 0 unspecified atom stereocenters. The first-order valence-corrected chi connectivity index (χ1v) is 5.70. The normalized spacial score (nSPS) is 22.1. The first-order valence-electron chi connectivity index (χ1n) is 5.70. The van der Waals surface area contributed by atoms with E-state index in [0.29, 0.717) is 5.41 Å². The maximum Gasteiger partial charge on any atom is -0.00170 e. The van der Waals surface area contributed by atoms with E-state index in [0.717, 1.165) is 0 Å². The molecule has 0 aromatic heterocycles. The number of fused-ring (bicyclic) bond motifs is 2. The number of aryl methyl sites for hydroxylation is 1. The van der Waals surface area contributed by atoms with Crippen LogP contribution < -0.4 is 5.32 Å². The van der Waals surface area contributed by atoms with Crippen molar-refractivity contribution in [2.45, 2.75) is 31.1 Å². The summed E-state index contributed by atoms with van der Waals surface area (Å²) in [7, 11) is 0. The van der Waals surface area contributed by atoms with E-state index >= 15 is 0 Å². The SMILES string of the molecule is Cl.c1ccc2c(c1)CCC21CCNCC1. The number of benzene rings is 1. The standard InChI is InChI=1S/C13H17N.ClH/c1-2-4-12-11(3-1)5-6-13(12)7-9-14-10-8-13;/h1-4,14H,5-10H2;1H. The molecule has 82 valence electrons. The van der Waals surface area contributed by atoms with Crippen LogP contribution >= 0.6 is 12.4 Å². The molecular weight excluding hydrogens is 206 g/mol. The Morgan fingerprint density at radius 2 is 1.73 bits per heavy atom. The quantitative estimate of drug-likeness (QED) is 0.713. The third kappa shape index (κ3) is 1.68. The van der Waals surface area contributed by atoms with Gasteiger partial charge in [-0.1, -0.05) is 24.3 Å². The van der Waals surface area contributed by atoms with Gasteiger partial charge in [-0.2, -0.15) is 0 Å². The average Bonchev–Trinajstić information content (AvgIpc) is 2.60. The Labute approximate surface area is 97.7 Å². The molecule has 1 saturated heterocycles. The third-order valence-corrected chi connectivity index (χ3v) is 4.02. The number of hydrogen-bond acceptors (Lipinski definition) is 1. The Morgan fingerprint density at radius 3 is 2.53 bits per heavy atom. The lowest BCUT2D eigenvalue weighted by Gasteiger charge is -2.34. The number of rotatable bonds is 0. The molecule has 3 rings (SSSR count). The molecule has 1 fully saturated rings. The Balaban J connectivity index is 0.000000853. The van der Waals surface area contributed by atoms with E-state index in [4.69, 9.17) is 0 Å². The van der Waals surface area contributed by atoms with Crippen LogP contribution in [0, 0.1) is 0 Å². The van der Waals surface area contributed by atoms with Gasteiger partial charge < -0.3 is 5.32 Å². The number of halogens is 1. The van der Waals surface area contributed by atoms with Gasteiger partial charge in [0.2, 0.25) is 0 Å². The minimum Gasteiger partial charge on any atom is -0.317 e. The van der Waals surface area contributed by atoms with Gasteiger partial charge >= 0.3 is 0 Å². The molecule has 2 heteroatoms.